The molecule has 1 saturated heterocycles. The molecule has 1 heterocycles. The lowest BCUT2D eigenvalue weighted by Crippen LogP contribution is -2.52. The van der Waals surface area contributed by atoms with Crippen molar-refractivity contribution < 1.29 is 14.0 Å². The van der Waals surface area contributed by atoms with Crippen LogP contribution in [-0.2, 0) is 11.1 Å². The second-order valence-corrected chi connectivity index (χ2v) is 7.42. The Morgan fingerprint density at radius 1 is 1.30 bits per heavy atom. The fraction of sp³-hybridized carbons (Fsp3) is 0.600. The minimum absolute atomic E-state index is 0.0807. The van der Waals surface area contributed by atoms with Gasteiger partial charge in [-0.15, -0.1) is 0 Å². The van der Waals surface area contributed by atoms with E-state index in [-0.39, 0.29) is 5.92 Å². The standard InChI is InChI=1S/C15H24ClN3O3S/c1-12(11-17-20)10-15(23(21)22)19-8-6-18(7-9-19)14-4-2-13(16)3-5-14/h2-5,12,15,17,20H,6-11H2,1H3,(H,21,22)/p-1. The van der Waals surface area contributed by atoms with E-state index in [9.17, 15) is 8.76 Å². The van der Waals surface area contributed by atoms with Crippen LogP contribution in [0.4, 0.5) is 5.69 Å². The van der Waals surface area contributed by atoms with Gasteiger partial charge in [0.05, 0.1) is 5.37 Å². The zero-order valence-corrected chi connectivity index (χ0v) is 14.7. The van der Waals surface area contributed by atoms with Gasteiger partial charge in [0, 0.05) is 43.4 Å². The highest BCUT2D eigenvalue weighted by atomic mass is 35.5. The number of hydrogen-bond acceptors (Lipinski definition) is 6. The van der Waals surface area contributed by atoms with Crippen molar-refractivity contribution in [3.63, 3.8) is 0 Å². The molecular formula is C15H23ClN3O3S-. The van der Waals surface area contributed by atoms with Crippen molar-refractivity contribution in [1.82, 2.24) is 10.4 Å². The molecule has 0 saturated carbocycles. The maximum Gasteiger partial charge on any atom is 0.0730 e. The molecule has 3 unspecified atom stereocenters. The smallest absolute Gasteiger partial charge is 0.0730 e. The molecule has 0 radical (unpaired) electrons. The number of halogens is 1. The number of benzene rings is 1. The number of rotatable bonds is 7. The van der Waals surface area contributed by atoms with E-state index in [1.165, 1.54) is 0 Å². The number of nitrogens with one attached hydrogen (secondary N) is 1. The Kier molecular flexibility index (Phi) is 7.26. The van der Waals surface area contributed by atoms with E-state index in [2.05, 4.69) is 10.4 Å². The van der Waals surface area contributed by atoms with Crippen molar-refractivity contribution in [2.24, 2.45) is 5.92 Å². The van der Waals surface area contributed by atoms with E-state index in [1.807, 2.05) is 36.1 Å². The van der Waals surface area contributed by atoms with Crippen LogP contribution in [0, 0.1) is 5.92 Å². The van der Waals surface area contributed by atoms with Gasteiger partial charge in [0.25, 0.3) is 0 Å². The topological polar surface area (TPSA) is 78.9 Å². The first kappa shape index (κ1) is 18.6. The SMILES string of the molecule is CC(CNO)CC(N1CCN(c2ccc(Cl)cc2)CC1)S(=O)[O-]. The lowest BCUT2D eigenvalue weighted by Gasteiger charge is -2.41. The maximum absolute atomic E-state index is 11.6. The van der Waals surface area contributed by atoms with E-state index in [0.29, 0.717) is 31.1 Å². The van der Waals surface area contributed by atoms with Crippen LogP contribution in [0.2, 0.25) is 5.02 Å². The van der Waals surface area contributed by atoms with E-state index in [1.54, 1.807) is 0 Å². The van der Waals surface area contributed by atoms with Crippen LogP contribution in [0.25, 0.3) is 0 Å². The summed E-state index contributed by atoms with van der Waals surface area (Å²) >= 11 is 3.75. The van der Waals surface area contributed by atoms with Crippen molar-refractivity contribution in [2.45, 2.75) is 18.7 Å². The average Bonchev–Trinajstić information content (AvgIpc) is 2.54. The van der Waals surface area contributed by atoms with Crippen LogP contribution in [0.3, 0.4) is 0 Å². The van der Waals surface area contributed by atoms with Gasteiger partial charge in [-0.1, -0.05) is 18.5 Å². The van der Waals surface area contributed by atoms with Crippen molar-refractivity contribution in [1.29, 1.82) is 0 Å². The summed E-state index contributed by atoms with van der Waals surface area (Å²) in [7, 11) is 0. The zero-order valence-electron chi connectivity index (χ0n) is 13.2. The molecule has 130 valence electrons. The average molecular weight is 361 g/mol. The number of hydroxylamine groups is 1. The summed E-state index contributed by atoms with van der Waals surface area (Å²) in [6.07, 6.45) is 0.505. The van der Waals surface area contributed by atoms with Crippen molar-refractivity contribution in [3.05, 3.63) is 29.3 Å². The Bertz CT molecular complexity index is 509. The molecule has 1 aliphatic rings. The molecular weight excluding hydrogens is 338 g/mol. The molecule has 2 N–H and O–H groups in total. The summed E-state index contributed by atoms with van der Waals surface area (Å²) in [5, 5.41) is 8.95. The van der Waals surface area contributed by atoms with Gasteiger partial charge in [-0.2, -0.15) is 0 Å². The maximum atomic E-state index is 11.6. The quantitative estimate of drug-likeness (QED) is 0.569. The number of nitrogens with zero attached hydrogens (tertiary/aromatic N) is 2. The van der Waals surface area contributed by atoms with Gasteiger partial charge in [-0.3, -0.25) is 9.11 Å². The molecule has 6 nitrogen and oxygen atoms in total. The third kappa shape index (κ3) is 5.41. The first-order valence-electron chi connectivity index (χ1n) is 7.71. The summed E-state index contributed by atoms with van der Waals surface area (Å²) in [6, 6.07) is 7.69. The van der Waals surface area contributed by atoms with Gasteiger partial charge < -0.3 is 14.7 Å². The molecule has 1 aromatic rings. The van der Waals surface area contributed by atoms with Crippen molar-refractivity contribution >= 4 is 28.4 Å². The Morgan fingerprint density at radius 3 is 2.43 bits per heavy atom. The third-order valence-electron chi connectivity index (χ3n) is 4.18. The van der Waals surface area contributed by atoms with Crippen LogP contribution < -0.4 is 10.4 Å². The van der Waals surface area contributed by atoms with Gasteiger partial charge in [0.2, 0.25) is 0 Å². The molecule has 1 fully saturated rings. The first-order chi connectivity index (χ1) is 11.0. The van der Waals surface area contributed by atoms with Crippen LogP contribution >= 0.6 is 11.6 Å². The fourth-order valence-electron chi connectivity index (χ4n) is 2.85. The Labute approximate surface area is 144 Å². The predicted molar refractivity (Wildman–Crippen MR) is 91.5 cm³/mol. The highest BCUT2D eigenvalue weighted by Gasteiger charge is 2.26. The number of piperazine rings is 1. The molecule has 8 heteroatoms. The lowest BCUT2D eigenvalue weighted by atomic mass is 10.1. The van der Waals surface area contributed by atoms with Gasteiger partial charge in [0.1, 0.15) is 0 Å². The van der Waals surface area contributed by atoms with E-state index in [0.717, 1.165) is 18.8 Å². The Hall–Kier alpha value is -0.700. The first-order valence-corrected chi connectivity index (χ1v) is 9.22. The van der Waals surface area contributed by atoms with Gasteiger partial charge >= 0.3 is 0 Å². The summed E-state index contributed by atoms with van der Waals surface area (Å²) in [4.78, 5) is 4.24. The monoisotopic (exact) mass is 360 g/mol. The van der Waals surface area contributed by atoms with Crippen LogP contribution in [0.15, 0.2) is 24.3 Å². The molecule has 0 amide bonds. The van der Waals surface area contributed by atoms with E-state index < -0.39 is 16.5 Å². The third-order valence-corrected chi connectivity index (χ3v) is 5.37. The minimum Gasteiger partial charge on any atom is -0.771 e. The molecule has 1 aromatic carbocycles. The van der Waals surface area contributed by atoms with Crippen LogP contribution in [-0.4, -0.2) is 57.0 Å². The van der Waals surface area contributed by atoms with Gasteiger partial charge in [-0.05, 0) is 47.7 Å². The van der Waals surface area contributed by atoms with E-state index >= 15 is 0 Å². The summed E-state index contributed by atoms with van der Waals surface area (Å²) in [5.74, 6) is 0.0807. The largest absolute Gasteiger partial charge is 0.771 e. The Balaban J connectivity index is 1.92. The van der Waals surface area contributed by atoms with E-state index in [4.69, 9.17) is 16.8 Å². The Morgan fingerprint density at radius 2 is 1.91 bits per heavy atom. The molecule has 1 aliphatic heterocycles. The molecule has 0 aromatic heterocycles. The van der Waals surface area contributed by atoms with Gasteiger partial charge in [-0.25, -0.2) is 5.48 Å². The molecule has 0 bridgehead atoms. The summed E-state index contributed by atoms with van der Waals surface area (Å²) < 4.78 is 23.1. The zero-order chi connectivity index (χ0) is 16.8. The molecule has 0 spiro atoms. The fourth-order valence-corrected chi connectivity index (χ4v) is 3.92. The number of hydrogen-bond donors (Lipinski definition) is 2. The highest BCUT2D eigenvalue weighted by molar-refractivity contribution is 7.79. The second kappa shape index (κ2) is 8.96. The number of anilines is 1. The van der Waals surface area contributed by atoms with Crippen LogP contribution in [0.1, 0.15) is 13.3 Å². The minimum atomic E-state index is -2.15. The second-order valence-electron chi connectivity index (χ2n) is 5.92. The molecule has 2 rings (SSSR count). The van der Waals surface area contributed by atoms with Crippen LogP contribution in [0.5, 0.6) is 0 Å². The molecule has 3 atom stereocenters. The summed E-state index contributed by atoms with van der Waals surface area (Å²) in [6.45, 7) is 5.26. The lowest BCUT2D eigenvalue weighted by molar-refractivity contribution is 0.139. The highest BCUT2D eigenvalue weighted by Crippen LogP contribution is 2.22. The predicted octanol–water partition coefficient (Wildman–Crippen LogP) is 1.67. The molecule has 0 aliphatic carbocycles. The van der Waals surface area contributed by atoms with Gasteiger partial charge in [0.15, 0.2) is 0 Å². The van der Waals surface area contributed by atoms with Crippen molar-refractivity contribution in [3.8, 4) is 0 Å². The molecule has 23 heavy (non-hydrogen) atoms. The van der Waals surface area contributed by atoms with Crippen molar-refractivity contribution in [2.75, 3.05) is 37.6 Å². The summed E-state index contributed by atoms with van der Waals surface area (Å²) in [5.41, 5.74) is 3.21. The normalized spacial score (nSPS) is 20.3.